The maximum atomic E-state index is 13.6. The number of hydrogen-bond acceptors (Lipinski definition) is 1. The van der Waals surface area contributed by atoms with Crippen LogP contribution < -0.4 is 4.74 Å². The van der Waals surface area contributed by atoms with Gasteiger partial charge in [0.1, 0.15) is 17.3 Å². The SMILES string of the molecule is Fc1ccc(Oc2ccccc2)c2c1CCC2. The highest BCUT2D eigenvalue weighted by Gasteiger charge is 2.19. The van der Waals surface area contributed by atoms with Crippen LogP contribution in [0, 0.1) is 5.82 Å². The van der Waals surface area contributed by atoms with Gasteiger partial charge in [-0.05, 0) is 49.1 Å². The number of hydrogen-bond donors (Lipinski definition) is 0. The smallest absolute Gasteiger partial charge is 0.131 e. The highest BCUT2D eigenvalue weighted by molar-refractivity contribution is 5.46. The van der Waals surface area contributed by atoms with Crippen molar-refractivity contribution >= 4 is 0 Å². The number of rotatable bonds is 2. The van der Waals surface area contributed by atoms with Gasteiger partial charge in [0.25, 0.3) is 0 Å². The van der Waals surface area contributed by atoms with E-state index in [1.54, 1.807) is 6.07 Å². The fraction of sp³-hybridized carbons (Fsp3) is 0.200. The maximum absolute atomic E-state index is 13.6. The zero-order chi connectivity index (χ0) is 11.7. The van der Waals surface area contributed by atoms with Gasteiger partial charge in [-0.15, -0.1) is 0 Å². The van der Waals surface area contributed by atoms with Crippen LogP contribution in [-0.4, -0.2) is 0 Å². The third-order valence-electron chi connectivity index (χ3n) is 3.16. The molecule has 0 atom stereocenters. The van der Waals surface area contributed by atoms with E-state index in [0.717, 1.165) is 41.9 Å². The third kappa shape index (κ3) is 1.91. The summed E-state index contributed by atoms with van der Waals surface area (Å²) in [6.07, 6.45) is 2.75. The molecule has 2 heteroatoms. The first-order chi connectivity index (χ1) is 8.34. The van der Waals surface area contributed by atoms with Crippen LogP contribution in [0.1, 0.15) is 17.5 Å². The van der Waals surface area contributed by atoms with Crippen molar-refractivity contribution in [2.45, 2.75) is 19.3 Å². The molecule has 2 aromatic rings. The Labute approximate surface area is 99.9 Å². The molecule has 0 amide bonds. The van der Waals surface area contributed by atoms with Crippen molar-refractivity contribution in [3.05, 3.63) is 59.4 Å². The third-order valence-corrected chi connectivity index (χ3v) is 3.16. The van der Waals surface area contributed by atoms with E-state index in [-0.39, 0.29) is 5.82 Å². The van der Waals surface area contributed by atoms with Gasteiger partial charge in [0, 0.05) is 5.56 Å². The molecule has 1 nitrogen and oxygen atoms in total. The molecule has 17 heavy (non-hydrogen) atoms. The van der Waals surface area contributed by atoms with E-state index in [1.807, 2.05) is 30.3 Å². The number of para-hydroxylation sites is 1. The molecule has 0 aromatic heterocycles. The molecule has 0 fully saturated rings. The summed E-state index contributed by atoms with van der Waals surface area (Å²) in [6.45, 7) is 0. The highest BCUT2D eigenvalue weighted by Crippen LogP contribution is 2.34. The molecule has 3 rings (SSSR count). The van der Waals surface area contributed by atoms with E-state index in [2.05, 4.69) is 0 Å². The number of halogens is 1. The highest BCUT2D eigenvalue weighted by atomic mass is 19.1. The van der Waals surface area contributed by atoms with E-state index in [4.69, 9.17) is 4.74 Å². The molecule has 0 heterocycles. The van der Waals surface area contributed by atoms with Gasteiger partial charge in [-0.3, -0.25) is 0 Å². The zero-order valence-corrected chi connectivity index (χ0v) is 9.45. The van der Waals surface area contributed by atoms with Crippen LogP contribution in [0.2, 0.25) is 0 Å². The van der Waals surface area contributed by atoms with Crippen LogP contribution in [0.15, 0.2) is 42.5 Å². The van der Waals surface area contributed by atoms with Crippen molar-refractivity contribution in [3.63, 3.8) is 0 Å². The first-order valence-corrected chi connectivity index (χ1v) is 5.88. The Bertz CT molecular complexity index is 534. The zero-order valence-electron chi connectivity index (χ0n) is 9.45. The molecule has 0 unspecified atom stereocenters. The summed E-state index contributed by atoms with van der Waals surface area (Å²) >= 11 is 0. The van der Waals surface area contributed by atoms with Crippen LogP contribution >= 0.6 is 0 Å². The summed E-state index contributed by atoms with van der Waals surface area (Å²) in [5.41, 5.74) is 1.87. The summed E-state index contributed by atoms with van der Waals surface area (Å²) in [7, 11) is 0. The lowest BCUT2D eigenvalue weighted by Gasteiger charge is -2.10. The largest absolute Gasteiger partial charge is 0.457 e. The number of benzene rings is 2. The predicted molar refractivity (Wildman–Crippen MR) is 64.9 cm³/mol. The lowest BCUT2D eigenvalue weighted by molar-refractivity contribution is 0.474. The molecule has 0 aliphatic heterocycles. The average Bonchev–Trinajstić information content (AvgIpc) is 2.84. The van der Waals surface area contributed by atoms with Crippen molar-refractivity contribution in [1.29, 1.82) is 0 Å². The minimum Gasteiger partial charge on any atom is -0.457 e. The van der Waals surface area contributed by atoms with E-state index in [0.29, 0.717) is 0 Å². The Balaban J connectivity index is 1.97. The first-order valence-electron chi connectivity index (χ1n) is 5.88. The molecule has 0 radical (unpaired) electrons. The van der Waals surface area contributed by atoms with Crippen molar-refractivity contribution in [2.24, 2.45) is 0 Å². The number of ether oxygens (including phenoxy) is 1. The molecule has 0 bridgehead atoms. The van der Waals surface area contributed by atoms with Crippen molar-refractivity contribution in [1.82, 2.24) is 0 Å². The topological polar surface area (TPSA) is 9.23 Å². The normalized spacial score (nSPS) is 13.5. The standard InChI is InChI=1S/C15H13FO/c16-14-9-10-15(13-8-4-7-12(13)14)17-11-5-2-1-3-6-11/h1-3,5-6,9-10H,4,7-8H2. The molecule has 0 saturated heterocycles. The molecule has 1 aliphatic rings. The molecule has 0 spiro atoms. The predicted octanol–water partition coefficient (Wildman–Crippen LogP) is 4.11. The van der Waals surface area contributed by atoms with Gasteiger partial charge >= 0.3 is 0 Å². The second-order valence-electron chi connectivity index (χ2n) is 4.27. The van der Waals surface area contributed by atoms with Gasteiger partial charge in [-0.1, -0.05) is 18.2 Å². The molecule has 0 saturated carbocycles. The van der Waals surface area contributed by atoms with Crippen LogP contribution in [0.4, 0.5) is 4.39 Å². The van der Waals surface area contributed by atoms with E-state index in [1.165, 1.54) is 6.07 Å². The second kappa shape index (κ2) is 4.21. The second-order valence-corrected chi connectivity index (χ2v) is 4.27. The average molecular weight is 228 g/mol. The van der Waals surface area contributed by atoms with E-state index in [9.17, 15) is 4.39 Å². The Kier molecular flexibility index (Phi) is 2.56. The number of fused-ring (bicyclic) bond motifs is 1. The van der Waals surface area contributed by atoms with Crippen molar-refractivity contribution in [3.8, 4) is 11.5 Å². The molecule has 0 N–H and O–H groups in total. The Morgan fingerprint density at radius 2 is 1.65 bits per heavy atom. The molecule has 2 aromatic carbocycles. The Hall–Kier alpha value is -1.83. The minimum atomic E-state index is -0.0992. The van der Waals surface area contributed by atoms with E-state index >= 15 is 0 Å². The van der Waals surface area contributed by atoms with Gasteiger partial charge in [0.2, 0.25) is 0 Å². The summed E-state index contributed by atoms with van der Waals surface area (Å²) in [5.74, 6) is 1.50. The van der Waals surface area contributed by atoms with Gasteiger partial charge in [0.15, 0.2) is 0 Å². The van der Waals surface area contributed by atoms with Crippen molar-refractivity contribution < 1.29 is 9.13 Å². The van der Waals surface area contributed by atoms with Gasteiger partial charge < -0.3 is 4.74 Å². The molecular formula is C15H13FO. The monoisotopic (exact) mass is 228 g/mol. The fourth-order valence-corrected chi connectivity index (χ4v) is 2.34. The Morgan fingerprint density at radius 3 is 2.47 bits per heavy atom. The van der Waals surface area contributed by atoms with Gasteiger partial charge in [-0.25, -0.2) is 4.39 Å². The van der Waals surface area contributed by atoms with E-state index < -0.39 is 0 Å². The van der Waals surface area contributed by atoms with Crippen LogP contribution in [0.5, 0.6) is 11.5 Å². The summed E-state index contributed by atoms with van der Waals surface area (Å²) in [6, 6.07) is 12.9. The maximum Gasteiger partial charge on any atom is 0.131 e. The van der Waals surface area contributed by atoms with Crippen LogP contribution in [-0.2, 0) is 12.8 Å². The first kappa shape index (κ1) is 10.3. The Morgan fingerprint density at radius 1 is 0.882 bits per heavy atom. The lowest BCUT2D eigenvalue weighted by Crippen LogP contribution is -1.93. The van der Waals surface area contributed by atoms with Crippen LogP contribution in [0.25, 0.3) is 0 Å². The van der Waals surface area contributed by atoms with Crippen molar-refractivity contribution in [2.75, 3.05) is 0 Å². The van der Waals surface area contributed by atoms with Gasteiger partial charge in [-0.2, -0.15) is 0 Å². The summed E-state index contributed by atoms with van der Waals surface area (Å²) < 4.78 is 19.4. The van der Waals surface area contributed by atoms with Gasteiger partial charge in [0.05, 0.1) is 0 Å². The lowest BCUT2D eigenvalue weighted by atomic mass is 10.1. The molecule has 86 valence electrons. The minimum absolute atomic E-state index is 0.0992. The molecule has 1 aliphatic carbocycles. The fourth-order valence-electron chi connectivity index (χ4n) is 2.34. The quantitative estimate of drug-likeness (QED) is 0.751. The molecular weight excluding hydrogens is 215 g/mol. The summed E-state index contributed by atoms with van der Waals surface area (Å²) in [4.78, 5) is 0. The van der Waals surface area contributed by atoms with Crippen LogP contribution in [0.3, 0.4) is 0 Å². The summed E-state index contributed by atoms with van der Waals surface area (Å²) in [5, 5.41) is 0.